The van der Waals surface area contributed by atoms with Gasteiger partial charge < -0.3 is 10.2 Å². The van der Waals surface area contributed by atoms with E-state index in [0.717, 1.165) is 26.2 Å². The molecular formula is C13H26N2O. The Balaban J connectivity index is 2.14. The molecule has 0 aromatic carbocycles. The third-order valence-corrected chi connectivity index (χ3v) is 3.08. The fraction of sp³-hybridized carbons (Fsp3) is 0.923. The van der Waals surface area contributed by atoms with E-state index < -0.39 is 0 Å². The minimum atomic E-state index is 0.322. The normalized spacial score (nSPS) is 21.5. The van der Waals surface area contributed by atoms with Crippen LogP contribution < -0.4 is 5.32 Å². The van der Waals surface area contributed by atoms with Crippen LogP contribution in [0, 0.1) is 11.8 Å². The summed E-state index contributed by atoms with van der Waals surface area (Å²) in [6.45, 7) is 10.3. The molecule has 1 saturated heterocycles. The van der Waals surface area contributed by atoms with Crippen molar-refractivity contribution in [2.24, 2.45) is 11.8 Å². The molecule has 1 atom stereocenters. The molecular weight excluding hydrogens is 200 g/mol. The van der Waals surface area contributed by atoms with Crippen molar-refractivity contribution >= 4 is 5.91 Å². The minimum absolute atomic E-state index is 0.322. The minimum Gasteiger partial charge on any atom is -0.342 e. The van der Waals surface area contributed by atoms with E-state index in [1.165, 1.54) is 12.8 Å². The Morgan fingerprint density at radius 2 is 2.25 bits per heavy atom. The van der Waals surface area contributed by atoms with Crippen LogP contribution in [0.1, 0.15) is 40.0 Å². The van der Waals surface area contributed by atoms with Crippen LogP contribution in [-0.2, 0) is 4.79 Å². The van der Waals surface area contributed by atoms with Gasteiger partial charge in [0.05, 0.1) is 0 Å². The summed E-state index contributed by atoms with van der Waals surface area (Å²) in [5, 5.41) is 3.32. The van der Waals surface area contributed by atoms with Gasteiger partial charge in [-0.05, 0) is 31.2 Å². The molecule has 1 N–H and O–H groups in total. The topological polar surface area (TPSA) is 32.3 Å². The maximum atomic E-state index is 11.9. The van der Waals surface area contributed by atoms with Crippen LogP contribution in [0.4, 0.5) is 0 Å². The van der Waals surface area contributed by atoms with Crippen LogP contribution in [0.5, 0.6) is 0 Å². The number of carbonyl (C=O) groups excluding carboxylic acids is 1. The van der Waals surface area contributed by atoms with Crippen molar-refractivity contribution in [2.45, 2.75) is 40.0 Å². The molecule has 0 bridgehead atoms. The lowest BCUT2D eigenvalue weighted by Crippen LogP contribution is -2.40. The molecule has 16 heavy (non-hydrogen) atoms. The van der Waals surface area contributed by atoms with Gasteiger partial charge in [-0.1, -0.05) is 20.8 Å². The van der Waals surface area contributed by atoms with Gasteiger partial charge in [-0.2, -0.15) is 0 Å². The van der Waals surface area contributed by atoms with E-state index >= 15 is 0 Å². The Labute approximate surface area is 99.6 Å². The number of amides is 1. The van der Waals surface area contributed by atoms with Crippen molar-refractivity contribution in [1.82, 2.24) is 10.2 Å². The van der Waals surface area contributed by atoms with Gasteiger partial charge in [0.15, 0.2) is 0 Å². The highest BCUT2D eigenvalue weighted by molar-refractivity contribution is 5.76. The summed E-state index contributed by atoms with van der Waals surface area (Å²) >= 11 is 0. The molecule has 1 aliphatic heterocycles. The molecule has 3 heteroatoms. The lowest BCUT2D eigenvalue weighted by molar-refractivity contribution is -0.132. The Kier molecular flexibility index (Phi) is 5.81. The zero-order valence-electron chi connectivity index (χ0n) is 11.0. The van der Waals surface area contributed by atoms with Gasteiger partial charge in [-0.15, -0.1) is 0 Å². The maximum Gasteiger partial charge on any atom is 0.223 e. The fourth-order valence-corrected chi connectivity index (χ4v) is 2.16. The van der Waals surface area contributed by atoms with Crippen LogP contribution in [0.15, 0.2) is 0 Å². The average molecular weight is 226 g/mol. The first kappa shape index (κ1) is 13.5. The average Bonchev–Trinajstić information content (AvgIpc) is 2.24. The predicted molar refractivity (Wildman–Crippen MR) is 67.3 cm³/mol. The van der Waals surface area contributed by atoms with Crippen molar-refractivity contribution in [1.29, 1.82) is 0 Å². The molecule has 0 saturated carbocycles. The summed E-state index contributed by atoms with van der Waals surface area (Å²) in [4.78, 5) is 13.9. The summed E-state index contributed by atoms with van der Waals surface area (Å²) in [7, 11) is 0. The number of nitrogens with zero attached hydrogens (tertiary/aromatic N) is 1. The summed E-state index contributed by atoms with van der Waals surface area (Å²) in [6.07, 6.45) is 3.10. The van der Waals surface area contributed by atoms with Gasteiger partial charge in [0.2, 0.25) is 5.91 Å². The summed E-state index contributed by atoms with van der Waals surface area (Å²) in [5.41, 5.74) is 0. The van der Waals surface area contributed by atoms with Crippen LogP contribution in [-0.4, -0.2) is 37.0 Å². The van der Waals surface area contributed by atoms with E-state index in [-0.39, 0.29) is 0 Å². The second-order valence-corrected chi connectivity index (χ2v) is 5.44. The SMILES string of the molecule is CC(C)CNCCC(=O)N1CCCC(C)C1. The Bertz CT molecular complexity index is 216. The molecule has 0 spiro atoms. The van der Waals surface area contributed by atoms with E-state index in [2.05, 4.69) is 26.1 Å². The number of carbonyl (C=O) groups is 1. The van der Waals surface area contributed by atoms with E-state index in [4.69, 9.17) is 0 Å². The lowest BCUT2D eigenvalue weighted by atomic mass is 10.00. The largest absolute Gasteiger partial charge is 0.342 e. The first-order valence-electron chi connectivity index (χ1n) is 6.58. The quantitative estimate of drug-likeness (QED) is 0.726. The highest BCUT2D eigenvalue weighted by Gasteiger charge is 2.20. The first-order valence-corrected chi connectivity index (χ1v) is 6.58. The Morgan fingerprint density at radius 3 is 2.88 bits per heavy atom. The highest BCUT2D eigenvalue weighted by atomic mass is 16.2. The maximum absolute atomic E-state index is 11.9. The number of rotatable bonds is 5. The van der Waals surface area contributed by atoms with Gasteiger partial charge >= 0.3 is 0 Å². The molecule has 0 aromatic heterocycles. The van der Waals surface area contributed by atoms with Crippen molar-refractivity contribution in [3.8, 4) is 0 Å². The third kappa shape index (κ3) is 4.97. The summed E-state index contributed by atoms with van der Waals surface area (Å²) in [6, 6.07) is 0. The Morgan fingerprint density at radius 1 is 1.50 bits per heavy atom. The van der Waals surface area contributed by atoms with Gasteiger partial charge in [0, 0.05) is 26.1 Å². The van der Waals surface area contributed by atoms with Gasteiger partial charge in [0.1, 0.15) is 0 Å². The molecule has 0 aromatic rings. The fourth-order valence-electron chi connectivity index (χ4n) is 2.16. The smallest absolute Gasteiger partial charge is 0.223 e. The highest BCUT2D eigenvalue weighted by Crippen LogP contribution is 2.15. The van der Waals surface area contributed by atoms with E-state index in [1.807, 2.05) is 4.90 Å². The first-order chi connectivity index (χ1) is 7.59. The van der Waals surface area contributed by atoms with Crippen LogP contribution >= 0.6 is 0 Å². The summed E-state index contributed by atoms with van der Waals surface area (Å²) < 4.78 is 0. The number of nitrogens with one attached hydrogen (secondary N) is 1. The molecule has 1 rings (SSSR count). The number of likely N-dealkylation sites (tertiary alicyclic amines) is 1. The predicted octanol–water partition coefficient (Wildman–Crippen LogP) is 1.88. The standard InChI is InChI=1S/C13H26N2O/c1-11(2)9-14-7-6-13(16)15-8-4-5-12(3)10-15/h11-12,14H,4-10H2,1-3H3. The zero-order valence-corrected chi connectivity index (χ0v) is 11.0. The molecule has 1 amide bonds. The number of hydrogen-bond acceptors (Lipinski definition) is 2. The van der Waals surface area contributed by atoms with E-state index in [0.29, 0.717) is 24.2 Å². The lowest BCUT2D eigenvalue weighted by Gasteiger charge is -2.31. The van der Waals surface area contributed by atoms with Crippen molar-refractivity contribution in [3.05, 3.63) is 0 Å². The van der Waals surface area contributed by atoms with Crippen LogP contribution in [0.2, 0.25) is 0 Å². The monoisotopic (exact) mass is 226 g/mol. The third-order valence-electron chi connectivity index (χ3n) is 3.08. The molecule has 1 unspecified atom stereocenters. The van der Waals surface area contributed by atoms with Crippen molar-refractivity contribution < 1.29 is 4.79 Å². The van der Waals surface area contributed by atoms with Crippen molar-refractivity contribution in [3.63, 3.8) is 0 Å². The van der Waals surface area contributed by atoms with Gasteiger partial charge in [-0.3, -0.25) is 4.79 Å². The van der Waals surface area contributed by atoms with E-state index in [9.17, 15) is 4.79 Å². The van der Waals surface area contributed by atoms with Gasteiger partial charge in [-0.25, -0.2) is 0 Å². The molecule has 3 nitrogen and oxygen atoms in total. The molecule has 0 aliphatic carbocycles. The second-order valence-electron chi connectivity index (χ2n) is 5.44. The zero-order chi connectivity index (χ0) is 12.0. The summed E-state index contributed by atoms with van der Waals surface area (Å²) in [5.74, 6) is 1.66. The van der Waals surface area contributed by atoms with Crippen LogP contribution in [0.25, 0.3) is 0 Å². The Hall–Kier alpha value is -0.570. The molecule has 94 valence electrons. The number of hydrogen-bond donors (Lipinski definition) is 1. The van der Waals surface area contributed by atoms with E-state index in [1.54, 1.807) is 0 Å². The molecule has 1 fully saturated rings. The molecule has 1 heterocycles. The number of piperidine rings is 1. The second kappa shape index (κ2) is 6.89. The van der Waals surface area contributed by atoms with Gasteiger partial charge in [0.25, 0.3) is 0 Å². The van der Waals surface area contributed by atoms with Crippen LogP contribution in [0.3, 0.4) is 0 Å². The van der Waals surface area contributed by atoms with Crippen molar-refractivity contribution in [2.75, 3.05) is 26.2 Å². The molecule has 1 aliphatic rings. The molecule has 0 radical (unpaired) electrons.